The van der Waals surface area contributed by atoms with Crippen LogP contribution in [0.1, 0.15) is 31.2 Å². The minimum Gasteiger partial charge on any atom is -0.503 e. The smallest absolute Gasteiger partial charge is 0.226 e. The van der Waals surface area contributed by atoms with Crippen LogP contribution >= 0.6 is 11.6 Å². The Balaban J connectivity index is 0.00000196. The van der Waals surface area contributed by atoms with Gasteiger partial charge in [-0.3, -0.25) is 4.79 Å². The average Bonchev–Trinajstić information content (AvgIpc) is 3.01. The van der Waals surface area contributed by atoms with E-state index < -0.39 is 0 Å². The molecule has 1 fully saturated rings. The molecule has 2 heterocycles. The first-order valence-electron chi connectivity index (χ1n) is 8.07. The van der Waals surface area contributed by atoms with Crippen molar-refractivity contribution < 1.29 is 41.4 Å². The first-order valence-corrected chi connectivity index (χ1v) is 8.45. The number of rotatable bonds is 6. The van der Waals surface area contributed by atoms with Gasteiger partial charge in [-0.15, -0.1) is 0 Å². The molecule has 0 saturated heterocycles. The first kappa shape index (κ1) is 19.2. The molecule has 0 radical (unpaired) electrons. The van der Waals surface area contributed by atoms with Gasteiger partial charge in [-0.05, 0) is 36.9 Å². The molecule has 2 aromatic heterocycles. The van der Waals surface area contributed by atoms with Gasteiger partial charge in [0.2, 0.25) is 5.91 Å². The molecule has 8 heteroatoms. The predicted octanol–water partition coefficient (Wildman–Crippen LogP) is 3.60. The maximum absolute atomic E-state index is 12.0. The summed E-state index contributed by atoms with van der Waals surface area (Å²) in [4.78, 5) is 15.3. The Morgan fingerprint density at radius 2 is 2.27 bits per heavy atom. The topological polar surface area (TPSA) is 80.2 Å². The number of aromatic nitrogens is 2. The van der Waals surface area contributed by atoms with Crippen molar-refractivity contribution in [2.75, 3.05) is 0 Å². The van der Waals surface area contributed by atoms with E-state index >= 15 is 0 Å². The molecule has 4 rings (SSSR count). The van der Waals surface area contributed by atoms with Crippen molar-refractivity contribution in [3.05, 3.63) is 46.9 Å². The molecule has 1 saturated carbocycles. The van der Waals surface area contributed by atoms with E-state index in [0.717, 1.165) is 29.4 Å². The van der Waals surface area contributed by atoms with Gasteiger partial charge in [-0.2, -0.15) is 6.07 Å². The molecule has 132 valence electrons. The summed E-state index contributed by atoms with van der Waals surface area (Å²) in [6.07, 6.45) is 4.44. The van der Waals surface area contributed by atoms with Gasteiger partial charge in [-0.25, -0.2) is 5.16 Å². The van der Waals surface area contributed by atoms with Gasteiger partial charge in [-0.1, -0.05) is 18.5 Å². The van der Waals surface area contributed by atoms with Crippen molar-refractivity contribution in [1.29, 1.82) is 0 Å². The Morgan fingerprint density at radius 1 is 1.46 bits per heavy atom. The molecule has 0 spiro atoms. The fraction of sp³-hybridized carbons (Fsp3) is 0.333. The molecule has 0 unspecified atom stereocenters. The molecule has 1 aromatic carbocycles. The second-order valence-electron chi connectivity index (χ2n) is 6.63. The van der Waals surface area contributed by atoms with E-state index in [1.807, 2.05) is 25.1 Å². The van der Waals surface area contributed by atoms with Gasteiger partial charge < -0.3 is 19.6 Å². The quantitative estimate of drug-likeness (QED) is 0.426. The van der Waals surface area contributed by atoms with E-state index in [1.165, 1.54) is 0 Å². The summed E-state index contributed by atoms with van der Waals surface area (Å²) in [5.41, 5.74) is 2.29. The summed E-state index contributed by atoms with van der Waals surface area (Å²) in [5, 5.41) is 8.21. The Hall–Kier alpha value is -1.55. The van der Waals surface area contributed by atoms with Crippen LogP contribution in [0.15, 0.2) is 28.8 Å². The van der Waals surface area contributed by atoms with Gasteiger partial charge in [0.15, 0.2) is 0 Å². The number of carbonyl (C=O) groups excluding carboxylic acids is 1. The van der Waals surface area contributed by atoms with Crippen molar-refractivity contribution in [3.8, 4) is 5.75 Å². The van der Waals surface area contributed by atoms with E-state index in [-0.39, 0.29) is 45.2 Å². The number of amides is 1. The van der Waals surface area contributed by atoms with Gasteiger partial charge in [0.1, 0.15) is 5.75 Å². The van der Waals surface area contributed by atoms with Gasteiger partial charge in [0.25, 0.3) is 0 Å². The normalized spacial score (nSPS) is 14.7. The summed E-state index contributed by atoms with van der Waals surface area (Å²) in [7, 11) is 0. The van der Waals surface area contributed by atoms with Gasteiger partial charge in [0, 0.05) is 55.4 Å². The maximum atomic E-state index is 12.0. The number of aromatic amines is 1. The number of hydrogen-bond acceptors (Lipinski definition) is 4. The van der Waals surface area contributed by atoms with E-state index in [0.29, 0.717) is 23.0 Å². The minimum atomic E-state index is -0.172. The van der Waals surface area contributed by atoms with Crippen LogP contribution in [-0.2, 0) is 45.2 Å². The Labute approximate surface area is 175 Å². The van der Waals surface area contributed by atoms with Crippen LogP contribution in [0.3, 0.4) is 0 Å². The molecule has 1 aliphatic rings. The molecule has 6 nitrogen and oxygen atoms in total. The third kappa shape index (κ3) is 4.06. The third-order valence-corrected chi connectivity index (χ3v) is 4.83. The number of nitrogens with one attached hydrogen (secondary N) is 2. The Bertz CT molecular complexity index is 919. The third-order valence-electron chi connectivity index (χ3n) is 4.53. The number of H-pyrrole nitrogens is 1. The standard InChI is InChI=1S/C18H17ClN3O3.Cd/c1-18(3-4-18)17(23)20-9-13-6-11-7-14(19)16(8-15(11)21-13)24-10-12-2-5-25-22-12;/h2,6-8,21H,3-4,9-10H2,1H3,(H,20,23);/q-1;. The fourth-order valence-corrected chi connectivity index (χ4v) is 2.85. The number of halogens is 1. The summed E-state index contributed by atoms with van der Waals surface area (Å²) in [6, 6.07) is 7.27. The Morgan fingerprint density at radius 3 is 2.96 bits per heavy atom. The largest absolute Gasteiger partial charge is 0.503 e. The summed E-state index contributed by atoms with van der Waals surface area (Å²) < 4.78 is 10.3. The zero-order valence-electron chi connectivity index (χ0n) is 14.4. The average molecular weight is 471 g/mol. The summed E-state index contributed by atoms with van der Waals surface area (Å²) >= 11 is 6.29. The molecule has 0 aliphatic heterocycles. The second kappa shape index (κ2) is 7.60. The molecule has 1 amide bonds. The van der Waals surface area contributed by atoms with E-state index in [2.05, 4.69) is 26.2 Å². The molecule has 0 bridgehead atoms. The summed E-state index contributed by atoms with van der Waals surface area (Å²) in [5.74, 6) is 0.665. The number of carbonyl (C=O) groups is 1. The minimum absolute atomic E-state index is 0. The monoisotopic (exact) mass is 472 g/mol. The Kier molecular flexibility index (Phi) is 5.61. The van der Waals surface area contributed by atoms with E-state index in [9.17, 15) is 4.79 Å². The number of ether oxygens (including phenoxy) is 1. The molecule has 0 atom stereocenters. The molecule has 1 aliphatic carbocycles. The predicted molar refractivity (Wildman–Crippen MR) is 92.2 cm³/mol. The van der Waals surface area contributed by atoms with Gasteiger partial charge >= 0.3 is 0 Å². The van der Waals surface area contributed by atoms with E-state index in [4.69, 9.17) is 16.3 Å². The van der Waals surface area contributed by atoms with Crippen LogP contribution in [0, 0.1) is 11.7 Å². The number of fused-ring (bicyclic) bond motifs is 1. The van der Waals surface area contributed by atoms with Crippen LogP contribution in [0.25, 0.3) is 10.9 Å². The van der Waals surface area contributed by atoms with Crippen molar-refractivity contribution in [1.82, 2.24) is 15.5 Å². The molecular formula is C18H17CdClN3O3-. The molecule has 26 heavy (non-hydrogen) atoms. The zero-order valence-corrected chi connectivity index (χ0v) is 19.2. The molecular weight excluding hydrogens is 454 g/mol. The number of benzene rings is 1. The zero-order chi connectivity index (χ0) is 17.4. The van der Waals surface area contributed by atoms with Crippen molar-refractivity contribution in [2.45, 2.75) is 32.9 Å². The SMILES string of the molecule is CC1(C(=O)NCc2cc3cc(Cl)c(OCc4c[c-]on4)cc3[nH]2)CC1.[Cd]. The maximum Gasteiger partial charge on any atom is 0.226 e. The fourth-order valence-electron chi connectivity index (χ4n) is 2.63. The molecule has 2 N–H and O–H groups in total. The van der Waals surface area contributed by atoms with Crippen LogP contribution in [0.2, 0.25) is 5.02 Å². The van der Waals surface area contributed by atoms with Crippen LogP contribution in [0.5, 0.6) is 5.75 Å². The number of nitrogens with zero attached hydrogens (tertiary/aromatic N) is 1. The molecule has 3 aromatic rings. The van der Waals surface area contributed by atoms with Crippen LogP contribution in [-0.4, -0.2) is 16.0 Å². The summed E-state index contributed by atoms with van der Waals surface area (Å²) in [6.45, 7) is 2.70. The first-order chi connectivity index (χ1) is 12.0. The van der Waals surface area contributed by atoms with Crippen molar-refractivity contribution in [3.63, 3.8) is 0 Å². The van der Waals surface area contributed by atoms with Crippen molar-refractivity contribution in [2.24, 2.45) is 5.41 Å². The van der Waals surface area contributed by atoms with Crippen LogP contribution < -0.4 is 10.1 Å². The van der Waals surface area contributed by atoms with Gasteiger partial charge in [0.05, 0.1) is 18.2 Å². The van der Waals surface area contributed by atoms with Crippen molar-refractivity contribution >= 4 is 28.4 Å². The van der Waals surface area contributed by atoms with Crippen LogP contribution in [0.4, 0.5) is 0 Å². The second-order valence-corrected chi connectivity index (χ2v) is 7.04. The number of hydrogen-bond donors (Lipinski definition) is 2. The van der Waals surface area contributed by atoms with E-state index in [1.54, 1.807) is 6.07 Å².